The Morgan fingerprint density at radius 1 is 0.611 bits per heavy atom. The van der Waals surface area contributed by atoms with Crippen molar-refractivity contribution in [1.29, 1.82) is 0 Å². The van der Waals surface area contributed by atoms with Gasteiger partial charge in [0.25, 0.3) is 0 Å². The Hall–Kier alpha value is -2.59. The van der Waals surface area contributed by atoms with Gasteiger partial charge in [0.05, 0.1) is 19.8 Å². The number of aliphatic carboxylic acids is 1. The molecule has 0 aliphatic heterocycles. The summed E-state index contributed by atoms with van der Waals surface area (Å²) in [6.07, 6.45) is 46.8. The van der Waals surface area contributed by atoms with Crippen molar-refractivity contribution >= 4 is 19.8 Å². The summed E-state index contributed by atoms with van der Waals surface area (Å²) < 4.78 is 33.2. The molecule has 11 heteroatoms. The fourth-order valence-corrected chi connectivity index (χ4v) is 5.83. The standard InChI is InChI=1S/C43H74NO9P/c1-3-5-7-9-11-13-15-17-19-20-21-22-23-25-27-29-31-33-35-42(45)53-40(38-51-54(48,49)52-39-41(44)43(46)47)37-50-36-34-32-30-28-26-24-18-16-14-12-10-8-6-4-2/h6,8,12-15,18-20,24,28,30,40-41H,3-5,7,9-11,16-17,21-23,25-27,29,31-39,44H2,1-2H3,(H,46,47)(H,48,49)/b8-6-,14-12-,15-13-,20-19-,24-18-,30-28-. The molecule has 0 aromatic heterocycles. The molecule has 0 rings (SSSR count). The van der Waals surface area contributed by atoms with E-state index >= 15 is 0 Å². The van der Waals surface area contributed by atoms with Gasteiger partial charge in [0.2, 0.25) is 0 Å². The molecule has 0 aromatic rings. The van der Waals surface area contributed by atoms with Crippen LogP contribution in [0.25, 0.3) is 0 Å². The van der Waals surface area contributed by atoms with Gasteiger partial charge in [0.1, 0.15) is 12.1 Å². The smallest absolute Gasteiger partial charge is 0.472 e. The largest absolute Gasteiger partial charge is 0.480 e. The highest BCUT2D eigenvalue weighted by Gasteiger charge is 2.27. The maximum atomic E-state index is 12.6. The molecule has 0 amide bonds. The van der Waals surface area contributed by atoms with Crippen LogP contribution in [-0.4, -0.2) is 60.5 Å². The van der Waals surface area contributed by atoms with Crippen LogP contribution >= 0.6 is 7.82 Å². The SMILES string of the molecule is CC/C=C\C/C=C\C/C=C\C/C=C\CCCOCC(COP(=O)(O)OCC(N)C(=O)O)OC(=O)CCCCCCCCC/C=C\C/C=C\CCCCCC. The second-order valence-corrected chi connectivity index (χ2v) is 14.8. The van der Waals surface area contributed by atoms with Gasteiger partial charge in [-0.25, -0.2) is 4.57 Å². The molecule has 0 aromatic carbocycles. The van der Waals surface area contributed by atoms with Gasteiger partial charge in [0.15, 0.2) is 0 Å². The molecule has 0 saturated heterocycles. The summed E-state index contributed by atoms with van der Waals surface area (Å²) in [6, 6.07) is -1.49. The molecule has 10 nitrogen and oxygen atoms in total. The van der Waals surface area contributed by atoms with Crippen LogP contribution in [-0.2, 0) is 32.7 Å². The number of hydrogen-bond acceptors (Lipinski definition) is 8. The molecule has 0 radical (unpaired) electrons. The summed E-state index contributed by atoms with van der Waals surface area (Å²) in [7, 11) is -4.63. The molecule has 0 saturated carbocycles. The van der Waals surface area contributed by atoms with Gasteiger partial charge in [-0.1, -0.05) is 138 Å². The number of phosphoric ester groups is 1. The monoisotopic (exact) mass is 780 g/mol. The van der Waals surface area contributed by atoms with E-state index in [4.69, 9.17) is 29.4 Å². The van der Waals surface area contributed by atoms with Crippen molar-refractivity contribution in [2.75, 3.05) is 26.4 Å². The van der Waals surface area contributed by atoms with Crippen molar-refractivity contribution in [2.24, 2.45) is 5.73 Å². The number of allylic oxidation sites excluding steroid dienone is 12. The highest BCUT2D eigenvalue weighted by molar-refractivity contribution is 7.47. The van der Waals surface area contributed by atoms with E-state index in [1.165, 1.54) is 51.4 Å². The minimum atomic E-state index is -4.63. The van der Waals surface area contributed by atoms with Gasteiger partial charge in [-0.2, -0.15) is 0 Å². The average molecular weight is 780 g/mol. The van der Waals surface area contributed by atoms with Gasteiger partial charge in [-0.15, -0.1) is 0 Å². The van der Waals surface area contributed by atoms with Crippen LogP contribution in [0.4, 0.5) is 0 Å². The first kappa shape index (κ1) is 51.4. The molecule has 310 valence electrons. The van der Waals surface area contributed by atoms with E-state index in [1.54, 1.807) is 0 Å². The third-order valence-electron chi connectivity index (χ3n) is 8.22. The summed E-state index contributed by atoms with van der Waals surface area (Å²) in [5.74, 6) is -1.82. The van der Waals surface area contributed by atoms with Gasteiger partial charge in [0, 0.05) is 13.0 Å². The fraction of sp³-hybridized carbons (Fsp3) is 0.674. The summed E-state index contributed by atoms with van der Waals surface area (Å²) in [5, 5.41) is 8.88. The molecule has 0 aliphatic carbocycles. The van der Waals surface area contributed by atoms with Crippen molar-refractivity contribution in [3.63, 3.8) is 0 Å². The summed E-state index contributed by atoms with van der Waals surface area (Å²) in [5.41, 5.74) is 5.34. The number of rotatable bonds is 38. The Morgan fingerprint density at radius 2 is 1.07 bits per heavy atom. The van der Waals surface area contributed by atoms with E-state index in [9.17, 15) is 19.0 Å². The second-order valence-electron chi connectivity index (χ2n) is 13.4. The Kier molecular flexibility index (Phi) is 36.8. The molecule has 0 fully saturated rings. The van der Waals surface area contributed by atoms with Crippen LogP contribution in [0.15, 0.2) is 72.9 Å². The lowest BCUT2D eigenvalue weighted by Crippen LogP contribution is -2.34. The predicted octanol–water partition coefficient (Wildman–Crippen LogP) is 11.0. The number of carboxylic acids is 1. The van der Waals surface area contributed by atoms with Gasteiger partial charge < -0.3 is 25.2 Å². The first-order valence-corrected chi connectivity index (χ1v) is 22.0. The van der Waals surface area contributed by atoms with Crippen LogP contribution in [0.5, 0.6) is 0 Å². The summed E-state index contributed by atoms with van der Waals surface area (Å²) >= 11 is 0. The number of unbranched alkanes of at least 4 members (excludes halogenated alkanes) is 12. The molecule has 0 aliphatic rings. The fourth-order valence-electron chi connectivity index (χ4n) is 5.05. The molecule has 0 spiro atoms. The third-order valence-corrected chi connectivity index (χ3v) is 9.17. The topological polar surface area (TPSA) is 155 Å². The minimum absolute atomic E-state index is 0.0282. The van der Waals surface area contributed by atoms with E-state index in [1.807, 2.05) is 0 Å². The van der Waals surface area contributed by atoms with E-state index in [2.05, 4.69) is 86.8 Å². The highest BCUT2D eigenvalue weighted by atomic mass is 31.2. The number of carbonyl (C=O) groups excluding carboxylic acids is 1. The first-order chi connectivity index (χ1) is 26.2. The van der Waals surface area contributed by atoms with Gasteiger partial charge >= 0.3 is 19.8 Å². The zero-order valence-corrected chi connectivity index (χ0v) is 34.4. The molecule has 0 heterocycles. The molecular weight excluding hydrogens is 705 g/mol. The predicted molar refractivity (Wildman–Crippen MR) is 221 cm³/mol. The maximum Gasteiger partial charge on any atom is 0.472 e. The van der Waals surface area contributed by atoms with E-state index in [0.29, 0.717) is 13.0 Å². The number of phosphoric acid groups is 1. The van der Waals surface area contributed by atoms with Crippen LogP contribution in [0.1, 0.15) is 149 Å². The van der Waals surface area contributed by atoms with Crippen LogP contribution in [0.2, 0.25) is 0 Å². The maximum absolute atomic E-state index is 12.6. The number of nitrogens with two attached hydrogens (primary N) is 1. The van der Waals surface area contributed by atoms with E-state index in [0.717, 1.165) is 70.6 Å². The van der Waals surface area contributed by atoms with Crippen LogP contribution in [0, 0.1) is 0 Å². The Morgan fingerprint density at radius 3 is 1.61 bits per heavy atom. The molecule has 3 atom stereocenters. The molecule has 54 heavy (non-hydrogen) atoms. The molecule has 3 unspecified atom stereocenters. The number of hydrogen-bond donors (Lipinski definition) is 3. The number of ether oxygens (including phenoxy) is 2. The Labute approximate surface area is 327 Å². The van der Waals surface area contributed by atoms with Crippen molar-refractivity contribution < 1.29 is 42.7 Å². The number of carboxylic acid groups (broad SMARTS) is 1. The normalized spacial score (nSPS) is 14.7. The third kappa shape index (κ3) is 37.7. The van der Waals surface area contributed by atoms with Crippen molar-refractivity contribution in [1.82, 2.24) is 0 Å². The van der Waals surface area contributed by atoms with Crippen LogP contribution in [0.3, 0.4) is 0 Å². The lowest BCUT2D eigenvalue weighted by Gasteiger charge is -2.20. The molecular formula is C43H74NO9P. The number of esters is 1. The molecule has 0 bridgehead atoms. The lowest BCUT2D eigenvalue weighted by atomic mass is 10.1. The number of carbonyl (C=O) groups is 2. The van der Waals surface area contributed by atoms with Gasteiger partial charge in [-0.05, 0) is 77.0 Å². The summed E-state index contributed by atoms with van der Waals surface area (Å²) in [4.78, 5) is 33.5. The summed E-state index contributed by atoms with van der Waals surface area (Å²) in [6.45, 7) is 3.57. The average Bonchev–Trinajstić information content (AvgIpc) is 3.15. The molecule has 4 N–H and O–H groups in total. The van der Waals surface area contributed by atoms with E-state index < -0.39 is 45.1 Å². The first-order valence-electron chi connectivity index (χ1n) is 20.5. The highest BCUT2D eigenvalue weighted by Crippen LogP contribution is 2.43. The van der Waals surface area contributed by atoms with Crippen LogP contribution < -0.4 is 5.73 Å². The second kappa shape index (κ2) is 38.7. The van der Waals surface area contributed by atoms with Crippen molar-refractivity contribution in [2.45, 2.75) is 161 Å². The zero-order chi connectivity index (χ0) is 39.8. The van der Waals surface area contributed by atoms with E-state index in [-0.39, 0.29) is 13.0 Å². The quantitative estimate of drug-likeness (QED) is 0.0239. The zero-order valence-electron chi connectivity index (χ0n) is 33.5. The van der Waals surface area contributed by atoms with Crippen molar-refractivity contribution in [3.05, 3.63) is 72.9 Å². The Bertz CT molecular complexity index is 1130. The van der Waals surface area contributed by atoms with Crippen molar-refractivity contribution in [3.8, 4) is 0 Å². The lowest BCUT2D eigenvalue weighted by molar-refractivity contribution is -0.154. The Balaban J connectivity index is 4.37. The van der Waals surface area contributed by atoms with Gasteiger partial charge in [-0.3, -0.25) is 18.6 Å². The minimum Gasteiger partial charge on any atom is -0.480 e.